The normalized spacial score (nSPS) is 20.9. The van der Waals surface area contributed by atoms with Crippen LogP contribution in [0.5, 0.6) is 5.75 Å². The Morgan fingerprint density at radius 2 is 2.08 bits per heavy atom. The molecule has 1 saturated heterocycles. The predicted molar refractivity (Wildman–Crippen MR) is 104 cm³/mol. The Morgan fingerprint density at radius 3 is 2.81 bits per heavy atom. The van der Waals surface area contributed by atoms with E-state index in [1.165, 1.54) is 5.56 Å². The smallest absolute Gasteiger partial charge is 0.128 e. The maximum atomic E-state index is 6.05. The van der Waals surface area contributed by atoms with Gasteiger partial charge in [0.2, 0.25) is 0 Å². The van der Waals surface area contributed by atoms with Crippen molar-refractivity contribution in [3.63, 3.8) is 0 Å². The molecule has 2 aromatic rings. The van der Waals surface area contributed by atoms with Crippen LogP contribution in [0.4, 0.5) is 5.82 Å². The summed E-state index contributed by atoms with van der Waals surface area (Å²) in [6.07, 6.45) is 2.94. The summed E-state index contributed by atoms with van der Waals surface area (Å²) in [6.45, 7) is 1.91. The minimum atomic E-state index is 0.108. The Balaban J connectivity index is 1.71. The third kappa shape index (κ3) is 4.33. The van der Waals surface area contributed by atoms with E-state index in [2.05, 4.69) is 28.1 Å². The summed E-state index contributed by atoms with van der Waals surface area (Å²) in [6, 6.07) is 12.1. The molecule has 2 heterocycles. The van der Waals surface area contributed by atoms with Crippen LogP contribution >= 0.6 is 0 Å². The highest BCUT2D eigenvalue weighted by Gasteiger charge is 2.26. The summed E-state index contributed by atoms with van der Waals surface area (Å²) in [5.41, 5.74) is 14.8. The Kier molecular flexibility index (Phi) is 6.08. The van der Waals surface area contributed by atoms with Gasteiger partial charge in [0.25, 0.3) is 0 Å². The van der Waals surface area contributed by atoms with E-state index in [9.17, 15) is 0 Å². The fourth-order valence-electron chi connectivity index (χ4n) is 3.48. The largest absolute Gasteiger partial charge is 0.496 e. The standard InChI is InChI=1S/C20H28N4O2/c1-25-18-12-14(6-7-16(18)17-4-3-5-19(22)23-17)8-10-24-11-9-15(21)13-20(24)26-2/h3-7,12,15,20H,8-11,13,21H2,1-2H3,(H2,22,23). The van der Waals surface area contributed by atoms with Gasteiger partial charge >= 0.3 is 0 Å². The molecule has 1 fully saturated rings. The van der Waals surface area contributed by atoms with E-state index in [-0.39, 0.29) is 12.3 Å². The summed E-state index contributed by atoms with van der Waals surface area (Å²) in [5.74, 6) is 1.31. The number of benzene rings is 1. The van der Waals surface area contributed by atoms with Crippen molar-refractivity contribution in [2.45, 2.75) is 31.5 Å². The second kappa shape index (κ2) is 8.49. The first kappa shape index (κ1) is 18.6. The van der Waals surface area contributed by atoms with Crippen LogP contribution in [0.25, 0.3) is 11.3 Å². The minimum absolute atomic E-state index is 0.108. The van der Waals surface area contributed by atoms with E-state index in [0.717, 1.165) is 49.4 Å². The molecular weight excluding hydrogens is 328 g/mol. The molecule has 1 aromatic heterocycles. The Hall–Kier alpha value is -2.15. The van der Waals surface area contributed by atoms with E-state index >= 15 is 0 Å². The van der Waals surface area contributed by atoms with Crippen LogP contribution in [0.2, 0.25) is 0 Å². The molecular formula is C20H28N4O2. The van der Waals surface area contributed by atoms with Gasteiger partial charge in [0.05, 0.1) is 12.8 Å². The van der Waals surface area contributed by atoms with Crippen molar-refractivity contribution in [3.8, 4) is 17.0 Å². The maximum Gasteiger partial charge on any atom is 0.128 e. The lowest BCUT2D eigenvalue weighted by Gasteiger charge is -2.37. The second-order valence-corrected chi connectivity index (χ2v) is 6.74. The first-order valence-corrected chi connectivity index (χ1v) is 9.03. The molecule has 3 rings (SSSR count). The summed E-state index contributed by atoms with van der Waals surface area (Å²) in [7, 11) is 3.44. The van der Waals surface area contributed by atoms with Gasteiger partial charge in [-0.2, -0.15) is 0 Å². The number of anilines is 1. The zero-order chi connectivity index (χ0) is 18.5. The molecule has 2 atom stereocenters. The summed E-state index contributed by atoms with van der Waals surface area (Å²) < 4.78 is 11.2. The molecule has 0 radical (unpaired) electrons. The lowest BCUT2D eigenvalue weighted by atomic mass is 10.0. The highest BCUT2D eigenvalue weighted by atomic mass is 16.5. The van der Waals surface area contributed by atoms with Gasteiger partial charge in [-0.3, -0.25) is 4.90 Å². The monoisotopic (exact) mass is 356 g/mol. The van der Waals surface area contributed by atoms with Crippen LogP contribution in [0.1, 0.15) is 18.4 Å². The molecule has 6 nitrogen and oxygen atoms in total. The van der Waals surface area contributed by atoms with Crippen LogP contribution < -0.4 is 16.2 Å². The van der Waals surface area contributed by atoms with E-state index in [1.807, 2.05) is 12.1 Å². The molecule has 26 heavy (non-hydrogen) atoms. The van der Waals surface area contributed by atoms with Gasteiger partial charge in [0, 0.05) is 38.2 Å². The van der Waals surface area contributed by atoms with Gasteiger partial charge in [-0.15, -0.1) is 0 Å². The predicted octanol–water partition coefficient (Wildman–Crippen LogP) is 2.28. The number of aromatic nitrogens is 1. The Bertz CT molecular complexity index is 738. The van der Waals surface area contributed by atoms with Gasteiger partial charge in [0.15, 0.2) is 0 Å². The Labute approximate surface area is 155 Å². The number of hydrogen-bond donors (Lipinski definition) is 2. The Morgan fingerprint density at radius 1 is 1.23 bits per heavy atom. The number of nitrogens with two attached hydrogens (primary N) is 2. The quantitative estimate of drug-likeness (QED) is 0.826. The van der Waals surface area contributed by atoms with Gasteiger partial charge in [-0.25, -0.2) is 4.98 Å². The molecule has 140 valence electrons. The number of piperidine rings is 1. The van der Waals surface area contributed by atoms with Crippen molar-refractivity contribution < 1.29 is 9.47 Å². The fourth-order valence-corrected chi connectivity index (χ4v) is 3.48. The summed E-state index contributed by atoms with van der Waals surface area (Å²) in [5, 5.41) is 0. The number of ether oxygens (including phenoxy) is 2. The number of nitrogens with zero attached hydrogens (tertiary/aromatic N) is 2. The average Bonchev–Trinajstić information content (AvgIpc) is 2.66. The number of likely N-dealkylation sites (tertiary alicyclic amines) is 1. The number of pyridine rings is 1. The third-order valence-corrected chi connectivity index (χ3v) is 4.97. The van der Waals surface area contributed by atoms with Crippen molar-refractivity contribution in [2.24, 2.45) is 5.73 Å². The van der Waals surface area contributed by atoms with E-state index in [1.54, 1.807) is 20.3 Å². The molecule has 1 aliphatic heterocycles. The molecule has 0 spiro atoms. The molecule has 0 bridgehead atoms. The van der Waals surface area contributed by atoms with E-state index in [0.29, 0.717) is 5.82 Å². The topological polar surface area (TPSA) is 86.6 Å². The van der Waals surface area contributed by atoms with Crippen LogP contribution in [-0.2, 0) is 11.2 Å². The molecule has 1 aromatic carbocycles. The van der Waals surface area contributed by atoms with Crippen molar-refractivity contribution in [2.75, 3.05) is 33.0 Å². The van der Waals surface area contributed by atoms with E-state index in [4.69, 9.17) is 20.9 Å². The highest BCUT2D eigenvalue weighted by molar-refractivity contribution is 5.68. The SMILES string of the molecule is COc1cc(CCN2CCC(N)CC2OC)ccc1-c1cccc(N)n1. The van der Waals surface area contributed by atoms with Crippen LogP contribution in [-0.4, -0.2) is 49.5 Å². The highest BCUT2D eigenvalue weighted by Crippen LogP contribution is 2.30. The molecule has 2 unspecified atom stereocenters. The summed E-state index contributed by atoms with van der Waals surface area (Å²) in [4.78, 5) is 6.75. The lowest BCUT2D eigenvalue weighted by Crippen LogP contribution is -2.48. The first-order valence-electron chi connectivity index (χ1n) is 9.03. The van der Waals surface area contributed by atoms with Crippen LogP contribution in [0, 0.1) is 0 Å². The molecule has 0 saturated carbocycles. The van der Waals surface area contributed by atoms with Gasteiger partial charge in [-0.1, -0.05) is 12.1 Å². The molecule has 4 N–H and O–H groups in total. The maximum absolute atomic E-state index is 6.05. The lowest BCUT2D eigenvalue weighted by molar-refractivity contribution is -0.0594. The summed E-state index contributed by atoms with van der Waals surface area (Å²) >= 11 is 0. The molecule has 1 aliphatic rings. The average molecular weight is 356 g/mol. The molecule has 0 amide bonds. The van der Waals surface area contributed by atoms with Gasteiger partial charge < -0.3 is 20.9 Å². The van der Waals surface area contributed by atoms with Crippen molar-refractivity contribution in [1.29, 1.82) is 0 Å². The van der Waals surface area contributed by atoms with Crippen molar-refractivity contribution in [3.05, 3.63) is 42.0 Å². The van der Waals surface area contributed by atoms with Crippen LogP contribution in [0.15, 0.2) is 36.4 Å². The second-order valence-electron chi connectivity index (χ2n) is 6.74. The minimum Gasteiger partial charge on any atom is -0.496 e. The zero-order valence-corrected chi connectivity index (χ0v) is 15.5. The number of methoxy groups -OCH3 is 2. The molecule has 0 aliphatic carbocycles. The zero-order valence-electron chi connectivity index (χ0n) is 15.5. The van der Waals surface area contributed by atoms with Gasteiger partial charge in [0.1, 0.15) is 17.8 Å². The molecule has 6 heteroatoms. The fraction of sp³-hybridized carbons (Fsp3) is 0.450. The van der Waals surface area contributed by atoms with Gasteiger partial charge in [-0.05, 0) is 42.7 Å². The first-order chi connectivity index (χ1) is 12.6. The van der Waals surface area contributed by atoms with Crippen molar-refractivity contribution in [1.82, 2.24) is 9.88 Å². The third-order valence-electron chi connectivity index (χ3n) is 4.97. The number of hydrogen-bond acceptors (Lipinski definition) is 6. The van der Waals surface area contributed by atoms with Crippen molar-refractivity contribution >= 4 is 5.82 Å². The van der Waals surface area contributed by atoms with Crippen LogP contribution in [0.3, 0.4) is 0 Å². The number of nitrogen functional groups attached to an aromatic ring is 1. The number of rotatable bonds is 6. The van der Waals surface area contributed by atoms with E-state index < -0.39 is 0 Å².